The molecule has 0 aliphatic rings. The highest BCUT2D eigenvalue weighted by molar-refractivity contribution is 6.01. The summed E-state index contributed by atoms with van der Waals surface area (Å²) in [5, 5.41) is 2.86. The molecule has 2 aromatic carbocycles. The maximum Gasteiger partial charge on any atom is 0.248 e. The fourth-order valence-electron chi connectivity index (χ4n) is 2.12. The summed E-state index contributed by atoms with van der Waals surface area (Å²) in [6.07, 6.45) is 3.30. The number of hydrogen-bond acceptors (Lipinski definition) is 2. The summed E-state index contributed by atoms with van der Waals surface area (Å²) < 4.78 is 5.10. The maximum atomic E-state index is 12.0. The summed E-state index contributed by atoms with van der Waals surface area (Å²) in [5.74, 6) is 0.648. The van der Waals surface area contributed by atoms with Gasteiger partial charge in [0.2, 0.25) is 5.91 Å². The molecule has 0 heterocycles. The lowest BCUT2D eigenvalue weighted by Crippen LogP contribution is -2.12. The molecule has 2 aromatic rings. The summed E-state index contributed by atoms with van der Waals surface area (Å²) in [7, 11) is 1.63. The summed E-state index contributed by atoms with van der Waals surface area (Å²) in [4.78, 5) is 12.0. The van der Waals surface area contributed by atoms with Gasteiger partial charge in [0.05, 0.1) is 7.11 Å². The van der Waals surface area contributed by atoms with Crippen LogP contribution in [0.2, 0.25) is 0 Å². The van der Waals surface area contributed by atoms with E-state index < -0.39 is 0 Å². The van der Waals surface area contributed by atoms with E-state index >= 15 is 0 Å². The molecule has 0 aliphatic heterocycles. The molecule has 0 saturated heterocycles. The van der Waals surface area contributed by atoms with Crippen molar-refractivity contribution in [2.24, 2.45) is 0 Å². The molecule has 0 spiro atoms. The Kier molecular flexibility index (Phi) is 5.22. The molecule has 0 atom stereocenters. The van der Waals surface area contributed by atoms with Gasteiger partial charge in [0.25, 0.3) is 0 Å². The second-order valence-corrected chi connectivity index (χ2v) is 6.42. The third-order valence-electron chi connectivity index (χ3n) is 3.56. The highest BCUT2D eigenvalue weighted by Gasteiger charge is 2.12. The van der Waals surface area contributed by atoms with Crippen LogP contribution in [0.5, 0.6) is 5.75 Å². The number of ether oxygens (including phenoxy) is 1. The average Bonchev–Trinajstić information content (AvgIpc) is 2.53. The van der Waals surface area contributed by atoms with Crippen molar-refractivity contribution in [1.29, 1.82) is 0 Å². The van der Waals surface area contributed by atoms with Crippen LogP contribution in [0.3, 0.4) is 0 Å². The number of hydrogen-bond donors (Lipinski definition) is 1. The Morgan fingerprint density at radius 3 is 2.13 bits per heavy atom. The zero-order chi connectivity index (χ0) is 16.9. The van der Waals surface area contributed by atoms with Crippen molar-refractivity contribution in [2.45, 2.75) is 26.2 Å². The Bertz CT molecular complexity index is 677. The van der Waals surface area contributed by atoms with Crippen LogP contribution in [0.15, 0.2) is 54.6 Å². The van der Waals surface area contributed by atoms with Crippen LogP contribution < -0.4 is 10.1 Å². The lowest BCUT2D eigenvalue weighted by Gasteiger charge is -2.19. The van der Waals surface area contributed by atoms with Crippen molar-refractivity contribution in [3.05, 3.63) is 65.7 Å². The molecule has 0 saturated carbocycles. The van der Waals surface area contributed by atoms with Crippen LogP contribution in [0.4, 0.5) is 5.69 Å². The van der Waals surface area contributed by atoms with Gasteiger partial charge in [-0.15, -0.1) is 0 Å². The van der Waals surface area contributed by atoms with Gasteiger partial charge in [-0.2, -0.15) is 0 Å². The van der Waals surface area contributed by atoms with E-state index in [0.717, 1.165) is 17.0 Å². The number of rotatable bonds is 4. The van der Waals surface area contributed by atoms with Gasteiger partial charge in [0.1, 0.15) is 5.75 Å². The first-order valence-electron chi connectivity index (χ1n) is 7.62. The summed E-state index contributed by atoms with van der Waals surface area (Å²) in [6, 6.07) is 15.5. The predicted octanol–water partition coefficient (Wildman–Crippen LogP) is 4.64. The molecule has 1 amide bonds. The van der Waals surface area contributed by atoms with Gasteiger partial charge in [-0.05, 0) is 46.9 Å². The number of carbonyl (C=O) groups is 1. The molecule has 0 radical (unpaired) electrons. The first kappa shape index (κ1) is 16.8. The van der Waals surface area contributed by atoms with Crippen LogP contribution in [-0.2, 0) is 10.2 Å². The molecule has 1 N–H and O–H groups in total. The molecule has 0 unspecified atom stereocenters. The van der Waals surface area contributed by atoms with Gasteiger partial charge in [0, 0.05) is 11.8 Å². The van der Waals surface area contributed by atoms with Gasteiger partial charge in [-0.1, -0.05) is 45.0 Å². The number of benzene rings is 2. The molecule has 0 aliphatic carbocycles. The van der Waals surface area contributed by atoms with E-state index in [4.69, 9.17) is 4.74 Å². The van der Waals surface area contributed by atoms with Crippen LogP contribution in [0.1, 0.15) is 31.9 Å². The molecule has 2 rings (SSSR count). The number of nitrogens with one attached hydrogen (secondary N) is 1. The van der Waals surface area contributed by atoms with Gasteiger partial charge in [-0.3, -0.25) is 4.79 Å². The quantitative estimate of drug-likeness (QED) is 0.835. The van der Waals surface area contributed by atoms with E-state index in [1.165, 1.54) is 11.6 Å². The van der Waals surface area contributed by atoms with Gasteiger partial charge >= 0.3 is 0 Å². The van der Waals surface area contributed by atoms with Crippen molar-refractivity contribution < 1.29 is 9.53 Å². The number of amides is 1. The first-order chi connectivity index (χ1) is 10.9. The summed E-state index contributed by atoms with van der Waals surface area (Å²) >= 11 is 0. The Morgan fingerprint density at radius 1 is 1.00 bits per heavy atom. The maximum absolute atomic E-state index is 12.0. The van der Waals surface area contributed by atoms with E-state index in [1.807, 2.05) is 48.5 Å². The van der Waals surface area contributed by atoms with Crippen molar-refractivity contribution >= 4 is 17.7 Å². The molecule has 23 heavy (non-hydrogen) atoms. The zero-order valence-corrected chi connectivity index (χ0v) is 14.1. The zero-order valence-electron chi connectivity index (χ0n) is 14.1. The van der Waals surface area contributed by atoms with Crippen molar-refractivity contribution in [3.8, 4) is 5.75 Å². The highest BCUT2D eigenvalue weighted by atomic mass is 16.5. The first-order valence-corrected chi connectivity index (χ1v) is 7.62. The summed E-state index contributed by atoms with van der Waals surface area (Å²) in [6.45, 7) is 6.49. The van der Waals surface area contributed by atoms with Crippen molar-refractivity contribution in [2.75, 3.05) is 12.4 Å². The van der Waals surface area contributed by atoms with Crippen molar-refractivity contribution in [3.63, 3.8) is 0 Å². The number of anilines is 1. The smallest absolute Gasteiger partial charge is 0.248 e. The molecule has 0 bridgehead atoms. The Hall–Kier alpha value is -2.55. The number of carbonyl (C=O) groups excluding carboxylic acids is 1. The van der Waals surface area contributed by atoms with E-state index in [9.17, 15) is 4.79 Å². The molecular formula is C20H23NO2. The predicted molar refractivity (Wildman–Crippen MR) is 95.8 cm³/mol. The van der Waals surface area contributed by atoms with Gasteiger partial charge < -0.3 is 10.1 Å². The topological polar surface area (TPSA) is 38.3 Å². The normalized spacial score (nSPS) is 11.5. The lowest BCUT2D eigenvalue weighted by atomic mass is 9.87. The highest BCUT2D eigenvalue weighted by Crippen LogP contribution is 2.23. The van der Waals surface area contributed by atoms with E-state index in [2.05, 4.69) is 26.1 Å². The second-order valence-electron chi connectivity index (χ2n) is 6.42. The van der Waals surface area contributed by atoms with E-state index in [1.54, 1.807) is 13.2 Å². The fourth-order valence-corrected chi connectivity index (χ4v) is 2.12. The minimum Gasteiger partial charge on any atom is -0.497 e. The molecule has 120 valence electrons. The molecule has 0 aromatic heterocycles. The van der Waals surface area contributed by atoms with Gasteiger partial charge in [0.15, 0.2) is 0 Å². The SMILES string of the molecule is COc1ccc(/C=C/C(=O)Nc2ccc(C(C)(C)C)cc2)cc1. The third-order valence-corrected chi connectivity index (χ3v) is 3.56. The molecule has 0 fully saturated rings. The largest absolute Gasteiger partial charge is 0.497 e. The van der Waals surface area contributed by atoms with Crippen LogP contribution in [0.25, 0.3) is 6.08 Å². The Balaban J connectivity index is 1.97. The third kappa shape index (κ3) is 4.99. The minimum absolute atomic E-state index is 0.108. The van der Waals surface area contributed by atoms with Crippen LogP contribution >= 0.6 is 0 Å². The van der Waals surface area contributed by atoms with Crippen LogP contribution in [-0.4, -0.2) is 13.0 Å². The standard InChI is InChI=1S/C20H23NO2/c1-20(2,3)16-8-10-17(11-9-16)21-19(22)14-7-15-5-12-18(23-4)13-6-15/h5-14H,1-4H3,(H,21,22)/b14-7+. The lowest BCUT2D eigenvalue weighted by molar-refractivity contribution is -0.111. The fraction of sp³-hybridized carbons (Fsp3) is 0.250. The Labute approximate surface area is 138 Å². The minimum atomic E-state index is -0.149. The monoisotopic (exact) mass is 309 g/mol. The second kappa shape index (κ2) is 7.14. The molecular weight excluding hydrogens is 286 g/mol. The summed E-state index contributed by atoms with van der Waals surface area (Å²) in [5.41, 5.74) is 3.09. The molecule has 3 nitrogen and oxygen atoms in total. The number of methoxy groups -OCH3 is 1. The average molecular weight is 309 g/mol. The Morgan fingerprint density at radius 2 is 1.61 bits per heavy atom. The van der Waals surface area contributed by atoms with Crippen LogP contribution in [0, 0.1) is 0 Å². The molecule has 3 heteroatoms. The van der Waals surface area contributed by atoms with Crippen molar-refractivity contribution in [1.82, 2.24) is 0 Å². The van der Waals surface area contributed by atoms with E-state index in [-0.39, 0.29) is 11.3 Å². The van der Waals surface area contributed by atoms with E-state index in [0.29, 0.717) is 0 Å². The van der Waals surface area contributed by atoms with Gasteiger partial charge in [-0.25, -0.2) is 0 Å².